The number of rotatable bonds is 9. The molecule has 2 aromatic carbocycles. The topological polar surface area (TPSA) is 54.9 Å². The Bertz CT molecular complexity index is 750. The van der Waals surface area contributed by atoms with Gasteiger partial charge in [-0.3, -0.25) is 4.99 Å². The molecular formula is C22H32IN3O2. The number of halogens is 1. The molecule has 0 aliphatic heterocycles. The summed E-state index contributed by atoms with van der Waals surface area (Å²) in [5.74, 6) is 1.64. The third kappa shape index (κ3) is 7.67. The van der Waals surface area contributed by atoms with Gasteiger partial charge < -0.3 is 20.1 Å². The van der Waals surface area contributed by atoms with Crippen molar-refractivity contribution in [2.45, 2.75) is 40.0 Å². The summed E-state index contributed by atoms with van der Waals surface area (Å²) in [6.07, 6.45) is 1.03. The Balaban J connectivity index is 0.00000392. The monoisotopic (exact) mass is 497 g/mol. The van der Waals surface area contributed by atoms with E-state index in [-0.39, 0.29) is 24.0 Å². The molecule has 0 saturated heterocycles. The molecule has 0 radical (unpaired) electrons. The van der Waals surface area contributed by atoms with Gasteiger partial charge in [-0.1, -0.05) is 43.3 Å². The molecule has 0 saturated carbocycles. The van der Waals surface area contributed by atoms with Crippen molar-refractivity contribution < 1.29 is 9.47 Å². The predicted molar refractivity (Wildman–Crippen MR) is 127 cm³/mol. The molecule has 154 valence electrons. The lowest BCUT2D eigenvalue weighted by molar-refractivity contribution is 0.121. The van der Waals surface area contributed by atoms with E-state index in [0.717, 1.165) is 30.3 Å². The van der Waals surface area contributed by atoms with Gasteiger partial charge in [0, 0.05) is 32.3 Å². The van der Waals surface area contributed by atoms with Crippen LogP contribution in [0.25, 0.3) is 0 Å². The number of hydrogen-bond donors (Lipinski definition) is 2. The molecule has 0 aliphatic carbocycles. The van der Waals surface area contributed by atoms with E-state index in [9.17, 15) is 0 Å². The summed E-state index contributed by atoms with van der Waals surface area (Å²) >= 11 is 0. The van der Waals surface area contributed by atoms with Crippen molar-refractivity contribution in [3.8, 4) is 5.75 Å². The van der Waals surface area contributed by atoms with E-state index in [2.05, 4.69) is 53.7 Å². The van der Waals surface area contributed by atoms with Crippen LogP contribution in [-0.4, -0.2) is 26.7 Å². The van der Waals surface area contributed by atoms with Gasteiger partial charge in [0.25, 0.3) is 0 Å². The van der Waals surface area contributed by atoms with Crippen LogP contribution in [0, 0.1) is 6.92 Å². The quantitative estimate of drug-likeness (QED) is 0.233. The molecule has 6 heteroatoms. The van der Waals surface area contributed by atoms with Gasteiger partial charge in [0.05, 0.1) is 13.7 Å². The third-order valence-corrected chi connectivity index (χ3v) is 4.28. The highest BCUT2D eigenvalue weighted by molar-refractivity contribution is 14.0. The van der Waals surface area contributed by atoms with E-state index < -0.39 is 0 Å². The molecule has 2 N–H and O–H groups in total. The number of methoxy groups -OCH3 is 1. The number of hydrogen-bond acceptors (Lipinski definition) is 3. The number of nitrogens with zero attached hydrogens (tertiary/aromatic N) is 1. The van der Waals surface area contributed by atoms with Crippen molar-refractivity contribution in [1.29, 1.82) is 0 Å². The molecule has 0 amide bonds. The highest BCUT2D eigenvalue weighted by Crippen LogP contribution is 2.19. The Morgan fingerprint density at radius 2 is 1.68 bits per heavy atom. The first-order chi connectivity index (χ1) is 13.2. The number of nitrogens with one attached hydrogen (secondary N) is 2. The highest BCUT2D eigenvalue weighted by Gasteiger charge is 2.06. The zero-order chi connectivity index (χ0) is 19.5. The van der Waals surface area contributed by atoms with Crippen LogP contribution in [0.3, 0.4) is 0 Å². The number of ether oxygens (including phenoxy) is 2. The average Bonchev–Trinajstić information content (AvgIpc) is 2.70. The Morgan fingerprint density at radius 3 is 2.32 bits per heavy atom. The van der Waals surface area contributed by atoms with Crippen molar-refractivity contribution in [3.63, 3.8) is 0 Å². The molecule has 0 heterocycles. The smallest absolute Gasteiger partial charge is 0.191 e. The Labute approximate surface area is 186 Å². The summed E-state index contributed by atoms with van der Waals surface area (Å²) < 4.78 is 11.2. The second-order valence-corrected chi connectivity index (χ2v) is 6.42. The van der Waals surface area contributed by atoms with Crippen molar-refractivity contribution >= 4 is 29.9 Å². The highest BCUT2D eigenvalue weighted by atomic mass is 127. The summed E-state index contributed by atoms with van der Waals surface area (Å²) in [5.41, 5.74) is 4.69. The van der Waals surface area contributed by atoms with E-state index in [0.29, 0.717) is 19.7 Å². The van der Waals surface area contributed by atoms with Gasteiger partial charge in [0.2, 0.25) is 0 Å². The van der Waals surface area contributed by atoms with Crippen LogP contribution in [0.5, 0.6) is 5.75 Å². The minimum Gasteiger partial charge on any atom is -0.496 e. The van der Waals surface area contributed by atoms with E-state index in [1.165, 1.54) is 16.7 Å². The average molecular weight is 497 g/mol. The standard InChI is InChI=1S/C22H31N3O2.HI/c1-5-12-27-16-20-9-7-6-8-18(20)14-24-22(23-3)25-15-19-11-10-17(2)13-21(19)26-4;/h6-11,13H,5,12,14-16H2,1-4H3,(H2,23,24,25);1H. The second kappa shape index (κ2) is 13.4. The fourth-order valence-corrected chi connectivity index (χ4v) is 2.77. The zero-order valence-corrected chi connectivity index (χ0v) is 19.6. The zero-order valence-electron chi connectivity index (χ0n) is 17.2. The maximum absolute atomic E-state index is 5.70. The summed E-state index contributed by atoms with van der Waals surface area (Å²) in [6.45, 7) is 6.93. The first kappa shape index (κ1) is 24.2. The number of aliphatic imine (C=N–C) groups is 1. The third-order valence-electron chi connectivity index (χ3n) is 4.28. The fraction of sp³-hybridized carbons (Fsp3) is 0.409. The first-order valence-corrected chi connectivity index (χ1v) is 9.40. The summed E-state index contributed by atoms with van der Waals surface area (Å²) in [4.78, 5) is 4.32. The van der Waals surface area contributed by atoms with E-state index in [1.807, 2.05) is 18.2 Å². The predicted octanol–water partition coefficient (Wildman–Crippen LogP) is 4.41. The largest absolute Gasteiger partial charge is 0.496 e. The van der Waals surface area contributed by atoms with Crippen LogP contribution in [-0.2, 0) is 24.4 Å². The molecule has 0 spiro atoms. The molecule has 0 aliphatic rings. The molecule has 0 bridgehead atoms. The first-order valence-electron chi connectivity index (χ1n) is 9.40. The van der Waals surface area contributed by atoms with Gasteiger partial charge in [-0.05, 0) is 36.1 Å². The van der Waals surface area contributed by atoms with Crippen molar-refractivity contribution in [3.05, 3.63) is 64.7 Å². The molecule has 0 atom stereocenters. The van der Waals surface area contributed by atoms with Crippen LogP contribution in [0.15, 0.2) is 47.5 Å². The van der Waals surface area contributed by atoms with Crippen LogP contribution < -0.4 is 15.4 Å². The van der Waals surface area contributed by atoms with Crippen LogP contribution in [0.2, 0.25) is 0 Å². The molecule has 0 fully saturated rings. The molecule has 0 unspecified atom stereocenters. The molecular weight excluding hydrogens is 465 g/mol. The minimum absolute atomic E-state index is 0. The van der Waals surface area contributed by atoms with Gasteiger partial charge in [-0.15, -0.1) is 24.0 Å². The van der Waals surface area contributed by atoms with Crippen molar-refractivity contribution in [2.75, 3.05) is 20.8 Å². The van der Waals surface area contributed by atoms with Gasteiger partial charge in [0.15, 0.2) is 5.96 Å². The van der Waals surface area contributed by atoms with Crippen LogP contribution >= 0.6 is 24.0 Å². The molecule has 2 rings (SSSR count). The lowest BCUT2D eigenvalue weighted by atomic mass is 10.1. The maximum Gasteiger partial charge on any atom is 0.191 e. The second-order valence-electron chi connectivity index (χ2n) is 6.42. The lowest BCUT2D eigenvalue weighted by Gasteiger charge is -2.16. The Kier molecular flexibility index (Phi) is 11.6. The molecule has 2 aromatic rings. The summed E-state index contributed by atoms with van der Waals surface area (Å²) in [5, 5.41) is 6.73. The minimum atomic E-state index is 0. The van der Waals surface area contributed by atoms with E-state index in [4.69, 9.17) is 9.47 Å². The number of aryl methyl sites for hydroxylation is 1. The molecule has 0 aromatic heterocycles. The molecule has 28 heavy (non-hydrogen) atoms. The van der Waals surface area contributed by atoms with Gasteiger partial charge in [-0.25, -0.2) is 0 Å². The van der Waals surface area contributed by atoms with E-state index in [1.54, 1.807) is 14.2 Å². The van der Waals surface area contributed by atoms with Gasteiger partial charge in [0.1, 0.15) is 5.75 Å². The normalized spacial score (nSPS) is 10.9. The van der Waals surface area contributed by atoms with Crippen molar-refractivity contribution in [2.24, 2.45) is 4.99 Å². The van der Waals surface area contributed by atoms with Gasteiger partial charge >= 0.3 is 0 Å². The van der Waals surface area contributed by atoms with Crippen LogP contribution in [0.4, 0.5) is 0 Å². The SMILES string of the molecule is CCCOCc1ccccc1CNC(=NC)NCc1ccc(C)cc1OC.I. The van der Waals surface area contributed by atoms with E-state index >= 15 is 0 Å². The Hall–Kier alpha value is -1.80. The number of benzene rings is 2. The Morgan fingerprint density at radius 1 is 1.00 bits per heavy atom. The maximum atomic E-state index is 5.70. The summed E-state index contributed by atoms with van der Waals surface area (Å²) in [6, 6.07) is 14.5. The van der Waals surface area contributed by atoms with Crippen molar-refractivity contribution in [1.82, 2.24) is 10.6 Å². The number of guanidine groups is 1. The van der Waals surface area contributed by atoms with Gasteiger partial charge in [-0.2, -0.15) is 0 Å². The van der Waals surface area contributed by atoms with Crippen LogP contribution in [0.1, 0.15) is 35.6 Å². The summed E-state index contributed by atoms with van der Waals surface area (Å²) in [7, 11) is 3.47. The lowest BCUT2D eigenvalue weighted by Crippen LogP contribution is -2.36. The molecule has 5 nitrogen and oxygen atoms in total. The fourth-order valence-electron chi connectivity index (χ4n) is 2.77.